The van der Waals surface area contributed by atoms with E-state index in [1.807, 2.05) is 18.2 Å². The average Bonchev–Trinajstić information content (AvgIpc) is 2.48. The largest absolute Gasteiger partial charge is 0.381 e. The molecule has 0 aliphatic carbocycles. The summed E-state index contributed by atoms with van der Waals surface area (Å²) in [6.07, 6.45) is 0. The minimum absolute atomic E-state index is 0.0416. The van der Waals surface area contributed by atoms with Gasteiger partial charge in [-0.05, 0) is 42.3 Å². The SMILES string of the molecule is Cc1ccc(CNc2cccc(C(=O)N(C)C)c2)cc1F. The molecule has 21 heavy (non-hydrogen) atoms. The topological polar surface area (TPSA) is 32.3 Å². The number of amides is 1. The van der Waals surface area contributed by atoms with Crippen LogP contribution in [0.25, 0.3) is 0 Å². The molecule has 0 spiro atoms. The number of aryl methyl sites for hydroxylation is 1. The maximum absolute atomic E-state index is 13.5. The number of anilines is 1. The summed E-state index contributed by atoms with van der Waals surface area (Å²) in [5.74, 6) is -0.245. The van der Waals surface area contributed by atoms with Gasteiger partial charge in [-0.25, -0.2) is 4.39 Å². The van der Waals surface area contributed by atoms with Crippen LogP contribution in [0.5, 0.6) is 0 Å². The lowest BCUT2D eigenvalue weighted by Gasteiger charge is -2.12. The number of nitrogens with zero attached hydrogens (tertiary/aromatic N) is 1. The van der Waals surface area contributed by atoms with E-state index in [1.54, 1.807) is 39.2 Å². The van der Waals surface area contributed by atoms with Crippen molar-refractivity contribution in [2.45, 2.75) is 13.5 Å². The Hall–Kier alpha value is -2.36. The zero-order valence-electron chi connectivity index (χ0n) is 12.5. The molecule has 3 nitrogen and oxygen atoms in total. The third-order valence-electron chi connectivity index (χ3n) is 3.25. The van der Waals surface area contributed by atoms with Crippen LogP contribution in [0.1, 0.15) is 21.5 Å². The molecule has 0 bridgehead atoms. The normalized spacial score (nSPS) is 10.3. The van der Waals surface area contributed by atoms with Gasteiger partial charge in [-0.2, -0.15) is 0 Å². The van der Waals surface area contributed by atoms with Gasteiger partial charge in [0.15, 0.2) is 0 Å². The van der Waals surface area contributed by atoms with E-state index in [0.717, 1.165) is 11.3 Å². The summed E-state index contributed by atoms with van der Waals surface area (Å²) in [4.78, 5) is 13.4. The fourth-order valence-electron chi connectivity index (χ4n) is 1.97. The number of carbonyl (C=O) groups excluding carboxylic acids is 1. The smallest absolute Gasteiger partial charge is 0.253 e. The molecular weight excluding hydrogens is 267 g/mol. The maximum atomic E-state index is 13.5. The fourth-order valence-corrected chi connectivity index (χ4v) is 1.97. The van der Waals surface area contributed by atoms with E-state index in [4.69, 9.17) is 0 Å². The van der Waals surface area contributed by atoms with Gasteiger partial charge in [-0.3, -0.25) is 4.79 Å². The molecule has 4 heteroatoms. The summed E-state index contributed by atoms with van der Waals surface area (Å²) in [7, 11) is 3.44. The van der Waals surface area contributed by atoms with Crippen molar-refractivity contribution >= 4 is 11.6 Å². The second-order valence-electron chi connectivity index (χ2n) is 5.22. The molecule has 0 unspecified atom stereocenters. The van der Waals surface area contributed by atoms with Crippen LogP contribution in [0, 0.1) is 12.7 Å². The van der Waals surface area contributed by atoms with Gasteiger partial charge in [-0.1, -0.05) is 18.2 Å². The Morgan fingerprint density at radius 3 is 2.62 bits per heavy atom. The molecule has 1 N–H and O–H groups in total. The van der Waals surface area contributed by atoms with Crippen molar-refractivity contribution in [1.82, 2.24) is 4.90 Å². The number of carbonyl (C=O) groups is 1. The van der Waals surface area contributed by atoms with Crippen LogP contribution >= 0.6 is 0 Å². The third-order valence-corrected chi connectivity index (χ3v) is 3.25. The van der Waals surface area contributed by atoms with Gasteiger partial charge < -0.3 is 10.2 Å². The molecule has 0 saturated carbocycles. The first kappa shape index (κ1) is 15.0. The summed E-state index contributed by atoms with van der Waals surface area (Å²) in [6, 6.07) is 12.5. The van der Waals surface area contributed by atoms with Crippen molar-refractivity contribution in [2.75, 3.05) is 19.4 Å². The van der Waals surface area contributed by atoms with Gasteiger partial charge in [0.1, 0.15) is 5.82 Å². The number of hydrogen-bond donors (Lipinski definition) is 1. The summed E-state index contributed by atoms with van der Waals surface area (Å²) in [6.45, 7) is 2.25. The Labute approximate surface area is 124 Å². The van der Waals surface area contributed by atoms with Crippen LogP contribution in [0.4, 0.5) is 10.1 Å². The summed E-state index contributed by atoms with van der Waals surface area (Å²) >= 11 is 0. The highest BCUT2D eigenvalue weighted by Gasteiger charge is 2.08. The van der Waals surface area contributed by atoms with Crippen molar-refractivity contribution in [3.8, 4) is 0 Å². The highest BCUT2D eigenvalue weighted by Crippen LogP contribution is 2.15. The first-order valence-electron chi connectivity index (χ1n) is 6.78. The molecular formula is C17H19FN2O. The molecule has 0 saturated heterocycles. The molecule has 0 radical (unpaired) electrons. The van der Waals surface area contributed by atoms with Gasteiger partial charge in [0.05, 0.1) is 0 Å². The van der Waals surface area contributed by atoms with Crippen LogP contribution < -0.4 is 5.32 Å². The lowest BCUT2D eigenvalue weighted by molar-refractivity contribution is 0.0827. The highest BCUT2D eigenvalue weighted by atomic mass is 19.1. The number of hydrogen-bond acceptors (Lipinski definition) is 2. The van der Waals surface area contributed by atoms with Crippen molar-refractivity contribution in [3.05, 3.63) is 65.0 Å². The van der Waals surface area contributed by atoms with E-state index >= 15 is 0 Å². The standard InChI is InChI=1S/C17H19FN2O/c1-12-7-8-13(9-16(12)18)11-19-15-6-4-5-14(10-15)17(21)20(2)3/h4-10,19H,11H2,1-3H3. The van der Waals surface area contributed by atoms with Crippen molar-refractivity contribution < 1.29 is 9.18 Å². The number of rotatable bonds is 4. The van der Waals surface area contributed by atoms with Gasteiger partial charge in [0.2, 0.25) is 0 Å². The zero-order valence-corrected chi connectivity index (χ0v) is 12.5. The average molecular weight is 286 g/mol. The molecule has 2 aromatic carbocycles. The summed E-state index contributed by atoms with van der Waals surface area (Å²) < 4.78 is 13.5. The van der Waals surface area contributed by atoms with Gasteiger partial charge in [0, 0.05) is 31.9 Å². The van der Waals surface area contributed by atoms with Gasteiger partial charge in [-0.15, -0.1) is 0 Å². The Bertz CT molecular complexity index is 653. The Balaban J connectivity index is 2.08. The molecule has 2 aromatic rings. The Morgan fingerprint density at radius 2 is 1.95 bits per heavy atom. The zero-order chi connectivity index (χ0) is 15.4. The molecule has 0 aromatic heterocycles. The minimum Gasteiger partial charge on any atom is -0.381 e. The second kappa shape index (κ2) is 6.39. The number of nitrogens with one attached hydrogen (secondary N) is 1. The molecule has 0 heterocycles. The summed E-state index contributed by atoms with van der Waals surface area (Å²) in [5.41, 5.74) is 2.96. The predicted molar refractivity (Wildman–Crippen MR) is 82.9 cm³/mol. The van der Waals surface area contributed by atoms with Crippen LogP contribution in [-0.2, 0) is 6.54 Å². The van der Waals surface area contributed by atoms with Crippen LogP contribution in [0.15, 0.2) is 42.5 Å². The number of benzene rings is 2. The van der Waals surface area contributed by atoms with E-state index < -0.39 is 0 Å². The van der Waals surface area contributed by atoms with E-state index in [0.29, 0.717) is 17.7 Å². The first-order valence-corrected chi connectivity index (χ1v) is 6.78. The fraction of sp³-hybridized carbons (Fsp3) is 0.235. The Morgan fingerprint density at radius 1 is 1.19 bits per heavy atom. The molecule has 0 aliphatic rings. The van der Waals surface area contributed by atoms with E-state index in [-0.39, 0.29) is 11.7 Å². The monoisotopic (exact) mass is 286 g/mol. The van der Waals surface area contributed by atoms with E-state index in [9.17, 15) is 9.18 Å². The molecule has 1 amide bonds. The lowest BCUT2D eigenvalue weighted by Crippen LogP contribution is -2.21. The van der Waals surface area contributed by atoms with Crippen LogP contribution in [0.2, 0.25) is 0 Å². The summed E-state index contributed by atoms with van der Waals surface area (Å²) in [5, 5.41) is 3.20. The lowest BCUT2D eigenvalue weighted by atomic mass is 10.1. The van der Waals surface area contributed by atoms with Crippen LogP contribution in [0.3, 0.4) is 0 Å². The van der Waals surface area contributed by atoms with Gasteiger partial charge >= 0.3 is 0 Å². The Kier molecular flexibility index (Phi) is 4.58. The van der Waals surface area contributed by atoms with Gasteiger partial charge in [0.25, 0.3) is 5.91 Å². The van der Waals surface area contributed by atoms with E-state index in [1.165, 1.54) is 11.0 Å². The minimum atomic E-state index is -0.203. The maximum Gasteiger partial charge on any atom is 0.253 e. The molecule has 0 fully saturated rings. The third kappa shape index (κ3) is 3.81. The quantitative estimate of drug-likeness (QED) is 0.933. The molecule has 2 rings (SSSR count). The molecule has 0 aliphatic heterocycles. The van der Waals surface area contributed by atoms with Crippen molar-refractivity contribution in [3.63, 3.8) is 0 Å². The van der Waals surface area contributed by atoms with E-state index in [2.05, 4.69) is 5.32 Å². The molecule has 0 atom stereocenters. The van der Waals surface area contributed by atoms with Crippen molar-refractivity contribution in [1.29, 1.82) is 0 Å². The first-order chi connectivity index (χ1) is 9.97. The second-order valence-corrected chi connectivity index (χ2v) is 5.22. The predicted octanol–water partition coefficient (Wildman–Crippen LogP) is 3.45. The van der Waals surface area contributed by atoms with Crippen molar-refractivity contribution in [2.24, 2.45) is 0 Å². The number of halogens is 1. The highest BCUT2D eigenvalue weighted by molar-refractivity contribution is 5.94. The molecule has 110 valence electrons. The van der Waals surface area contributed by atoms with Crippen LogP contribution in [-0.4, -0.2) is 24.9 Å².